The van der Waals surface area contributed by atoms with Crippen LogP contribution in [0.25, 0.3) is 0 Å². The average Bonchev–Trinajstić information content (AvgIpc) is 2.62. The van der Waals surface area contributed by atoms with Gasteiger partial charge in [-0.05, 0) is 6.07 Å². The number of esters is 1. The van der Waals surface area contributed by atoms with Gasteiger partial charge in [0.25, 0.3) is 0 Å². The van der Waals surface area contributed by atoms with E-state index in [1.807, 2.05) is 6.07 Å². The summed E-state index contributed by atoms with van der Waals surface area (Å²) in [6, 6.07) is 4.65. The van der Waals surface area contributed by atoms with E-state index in [4.69, 9.17) is 16.3 Å². The summed E-state index contributed by atoms with van der Waals surface area (Å²) in [4.78, 5) is 31.5. The minimum absolute atomic E-state index is 0.00324. The van der Waals surface area contributed by atoms with Crippen LogP contribution in [0.1, 0.15) is 28.5 Å². The van der Waals surface area contributed by atoms with E-state index in [1.165, 1.54) is 19.5 Å². The number of urea groups is 1. The summed E-state index contributed by atoms with van der Waals surface area (Å²) in [7, 11) is 1.24. The van der Waals surface area contributed by atoms with E-state index in [9.17, 15) is 9.59 Å². The molecule has 0 radical (unpaired) electrons. The number of methoxy groups -OCH3 is 1. The first-order valence-electron chi connectivity index (χ1n) is 7.47. The monoisotopic (exact) mass is 362 g/mol. The molecule has 0 saturated carbocycles. The smallest absolute Gasteiger partial charge is 0.358 e. The van der Waals surface area contributed by atoms with Gasteiger partial charge in [0, 0.05) is 12.0 Å². The summed E-state index contributed by atoms with van der Waals surface area (Å²) in [5.41, 5.74) is 0.812. The highest BCUT2D eigenvalue weighted by molar-refractivity contribution is 6.32. The van der Waals surface area contributed by atoms with Gasteiger partial charge in [-0.3, -0.25) is 10.3 Å². The molecule has 0 unspecified atom stereocenters. The lowest BCUT2D eigenvalue weighted by atomic mass is 10.0. The van der Waals surface area contributed by atoms with Crippen LogP contribution in [0.4, 0.5) is 10.6 Å². The summed E-state index contributed by atoms with van der Waals surface area (Å²) in [5.74, 6) is 0.0801. The molecule has 25 heavy (non-hydrogen) atoms. The molecule has 1 aromatic heterocycles. The van der Waals surface area contributed by atoms with Crippen molar-refractivity contribution in [3.8, 4) is 5.75 Å². The second kappa shape index (κ2) is 7.35. The van der Waals surface area contributed by atoms with Crippen molar-refractivity contribution in [2.24, 2.45) is 0 Å². The Balaban J connectivity index is 1.70. The van der Waals surface area contributed by atoms with Gasteiger partial charge in [0.2, 0.25) is 0 Å². The highest BCUT2D eigenvalue weighted by Crippen LogP contribution is 2.37. The zero-order chi connectivity index (χ0) is 17.8. The molecule has 0 saturated heterocycles. The third kappa shape index (κ3) is 3.80. The van der Waals surface area contributed by atoms with Gasteiger partial charge >= 0.3 is 12.0 Å². The molecule has 2 aromatic rings. The van der Waals surface area contributed by atoms with Crippen LogP contribution in [0.5, 0.6) is 5.75 Å². The number of para-hydroxylation sites is 1. The van der Waals surface area contributed by atoms with E-state index in [0.29, 0.717) is 23.8 Å². The van der Waals surface area contributed by atoms with Crippen molar-refractivity contribution in [1.82, 2.24) is 15.3 Å². The second-order valence-corrected chi connectivity index (χ2v) is 5.63. The summed E-state index contributed by atoms with van der Waals surface area (Å²) in [6.45, 7) is 0.444. The summed E-state index contributed by atoms with van der Waals surface area (Å²) < 4.78 is 10.1. The first-order chi connectivity index (χ1) is 12.1. The number of carbonyl (C=O) groups is 2. The number of ether oxygens (including phenoxy) is 2. The molecule has 0 spiro atoms. The predicted octanol–water partition coefficient (Wildman–Crippen LogP) is 2.56. The number of nitrogens with one attached hydrogen (secondary N) is 2. The molecule has 0 aliphatic carbocycles. The van der Waals surface area contributed by atoms with Gasteiger partial charge in [-0.15, -0.1) is 0 Å². The molecule has 0 fully saturated rings. The Morgan fingerprint density at radius 2 is 2.20 bits per heavy atom. The zero-order valence-electron chi connectivity index (χ0n) is 13.3. The maximum absolute atomic E-state index is 12.2. The Morgan fingerprint density at radius 3 is 3.00 bits per heavy atom. The Kier molecular flexibility index (Phi) is 4.99. The molecular formula is C16H15ClN4O4. The maximum atomic E-state index is 12.2. The highest BCUT2D eigenvalue weighted by Gasteiger charge is 2.24. The predicted molar refractivity (Wildman–Crippen MR) is 89.8 cm³/mol. The number of hydrogen-bond donors (Lipinski definition) is 2. The van der Waals surface area contributed by atoms with Crippen molar-refractivity contribution in [2.75, 3.05) is 19.0 Å². The van der Waals surface area contributed by atoms with Crippen molar-refractivity contribution in [1.29, 1.82) is 0 Å². The van der Waals surface area contributed by atoms with E-state index < -0.39 is 12.0 Å². The minimum Gasteiger partial charge on any atom is -0.492 e. The Bertz CT molecular complexity index is 814. The molecule has 9 heteroatoms. The largest absolute Gasteiger partial charge is 0.492 e. The standard InChI is InChI=1S/C16H15ClN4O4/c1-24-15(22)12-7-18-8-13(19-12)21-16(23)20-11-5-6-25-14-9(11)3-2-4-10(14)17/h2-4,7-8,11H,5-6H2,1H3,(H2,19,20,21,23)/t11-/m0/s1. The Morgan fingerprint density at radius 1 is 1.36 bits per heavy atom. The van der Waals surface area contributed by atoms with E-state index in [-0.39, 0.29) is 17.6 Å². The van der Waals surface area contributed by atoms with Crippen LogP contribution in [0.2, 0.25) is 5.02 Å². The molecule has 2 N–H and O–H groups in total. The lowest BCUT2D eigenvalue weighted by Crippen LogP contribution is -2.35. The van der Waals surface area contributed by atoms with Crippen LogP contribution in [0.15, 0.2) is 30.6 Å². The first kappa shape index (κ1) is 17.0. The van der Waals surface area contributed by atoms with E-state index in [2.05, 4.69) is 25.3 Å². The van der Waals surface area contributed by atoms with Crippen LogP contribution in [0, 0.1) is 0 Å². The highest BCUT2D eigenvalue weighted by atomic mass is 35.5. The molecular weight excluding hydrogens is 348 g/mol. The second-order valence-electron chi connectivity index (χ2n) is 5.23. The number of benzene rings is 1. The lowest BCUT2D eigenvalue weighted by Gasteiger charge is -2.27. The zero-order valence-corrected chi connectivity index (χ0v) is 14.0. The summed E-state index contributed by atoms with van der Waals surface area (Å²) in [5, 5.41) is 5.89. The molecule has 1 atom stereocenters. The Labute approximate surface area is 148 Å². The van der Waals surface area contributed by atoms with Crippen molar-refractivity contribution < 1.29 is 19.1 Å². The first-order valence-corrected chi connectivity index (χ1v) is 7.85. The van der Waals surface area contributed by atoms with Gasteiger partial charge in [0.05, 0.1) is 37.2 Å². The molecule has 3 rings (SSSR count). The fourth-order valence-corrected chi connectivity index (χ4v) is 2.71. The fourth-order valence-electron chi connectivity index (χ4n) is 2.48. The maximum Gasteiger partial charge on any atom is 0.358 e. The molecule has 130 valence electrons. The molecule has 2 amide bonds. The number of halogens is 1. The van der Waals surface area contributed by atoms with Gasteiger partial charge in [0.1, 0.15) is 5.75 Å². The number of amides is 2. The van der Waals surface area contributed by atoms with Crippen LogP contribution in [0.3, 0.4) is 0 Å². The van der Waals surface area contributed by atoms with Crippen LogP contribution >= 0.6 is 11.6 Å². The molecule has 1 aromatic carbocycles. The van der Waals surface area contributed by atoms with Crippen molar-refractivity contribution in [3.05, 3.63) is 46.9 Å². The van der Waals surface area contributed by atoms with Crippen LogP contribution < -0.4 is 15.4 Å². The van der Waals surface area contributed by atoms with Gasteiger partial charge in [-0.2, -0.15) is 0 Å². The number of nitrogens with zero attached hydrogens (tertiary/aromatic N) is 2. The molecule has 2 heterocycles. The van der Waals surface area contributed by atoms with Gasteiger partial charge in [-0.1, -0.05) is 23.7 Å². The third-order valence-corrected chi connectivity index (χ3v) is 3.90. The van der Waals surface area contributed by atoms with Gasteiger partial charge < -0.3 is 14.8 Å². The molecule has 8 nitrogen and oxygen atoms in total. The minimum atomic E-state index is -0.635. The quantitative estimate of drug-likeness (QED) is 0.813. The third-order valence-electron chi connectivity index (χ3n) is 3.60. The average molecular weight is 363 g/mol. The van der Waals surface area contributed by atoms with Crippen molar-refractivity contribution in [3.63, 3.8) is 0 Å². The molecule has 1 aliphatic heterocycles. The van der Waals surface area contributed by atoms with Gasteiger partial charge in [-0.25, -0.2) is 14.6 Å². The number of hydrogen-bond acceptors (Lipinski definition) is 6. The Hall–Kier alpha value is -2.87. The number of rotatable bonds is 3. The number of carbonyl (C=O) groups excluding carboxylic acids is 2. The topological polar surface area (TPSA) is 102 Å². The fraction of sp³-hybridized carbons (Fsp3) is 0.250. The number of fused-ring (bicyclic) bond motifs is 1. The number of aromatic nitrogens is 2. The molecule has 0 bridgehead atoms. The molecule has 1 aliphatic rings. The summed E-state index contributed by atoms with van der Waals surface area (Å²) in [6.07, 6.45) is 3.20. The summed E-state index contributed by atoms with van der Waals surface area (Å²) >= 11 is 6.12. The van der Waals surface area contributed by atoms with Crippen molar-refractivity contribution >= 4 is 29.4 Å². The SMILES string of the molecule is COC(=O)c1cncc(NC(=O)N[C@H]2CCOc3c(Cl)cccc32)n1. The van der Waals surface area contributed by atoms with Crippen LogP contribution in [-0.4, -0.2) is 35.7 Å². The van der Waals surface area contributed by atoms with E-state index in [0.717, 1.165) is 5.56 Å². The van der Waals surface area contributed by atoms with Crippen molar-refractivity contribution in [2.45, 2.75) is 12.5 Å². The normalized spacial score (nSPS) is 15.5. The lowest BCUT2D eigenvalue weighted by molar-refractivity contribution is 0.0593. The van der Waals surface area contributed by atoms with E-state index >= 15 is 0 Å². The van der Waals surface area contributed by atoms with E-state index in [1.54, 1.807) is 12.1 Å². The number of anilines is 1. The van der Waals surface area contributed by atoms with Crippen LogP contribution in [-0.2, 0) is 4.74 Å². The van der Waals surface area contributed by atoms with Gasteiger partial charge in [0.15, 0.2) is 11.5 Å².